The fourth-order valence-electron chi connectivity index (χ4n) is 2.33. The van der Waals surface area contributed by atoms with Crippen molar-refractivity contribution in [3.8, 4) is 0 Å². The maximum atomic E-state index is 11.6. The second-order valence-corrected chi connectivity index (χ2v) is 4.90. The molecule has 0 spiro atoms. The normalized spacial score (nSPS) is 24.2. The summed E-state index contributed by atoms with van der Waals surface area (Å²) in [6.45, 7) is 2.18. The van der Waals surface area contributed by atoms with E-state index in [9.17, 15) is 9.90 Å². The third-order valence-electron chi connectivity index (χ3n) is 3.81. The van der Waals surface area contributed by atoms with Crippen LogP contribution in [0.25, 0.3) is 17.4 Å². The predicted octanol–water partition coefficient (Wildman–Crippen LogP) is 0.335. The summed E-state index contributed by atoms with van der Waals surface area (Å²) in [5, 5.41) is 9.40. The van der Waals surface area contributed by atoms with Crippen molar-refractivity contribution >= 4 is 23.3 Å². The highest BCUT2D eigenvalue weighted by atomic mass is 16.3. The molecule has 7 heteroatoms. The first kappa shape index (κ1) is 11.9. The molecule has 0 radical (unpaired) electrons. The predicted molar refractivity (Wildman–Crippen MR) is 71.3 cm³/mol. The molecular weight excluding hydrogens is 246 g/mol. The van der Waals surface area contributed by atoms with Gasteiger partial charge in [-0.15, -0.1) is 0 Å². The molecule has 0 saturated heterocycles. The van der Waals surface area contributed by atoms with Crippen LogP contribution in [-0.2, 0) is 0 Å². The van der Waals surface area contributed by atoms with Crippen molar-refractivity contribution in [3.05, 3.63) is 22.3 Å². The lowest BCUT2D eigenvalue weighted by Crippen LogP contribution is -2.11. The Kier molecular flexibility index (Phi) is 2.46. The van der Waals surface area contributed by atoms with Crippen LogP contribution in [0.3, 0.4) is 0 Å². The summed E-state index contributed by atoms with van der Waals surface area (Å²) in [5.41, 5.74) is 6.91. The summed E-state index contributed by atoms with van der Waals surface area (Å²) in [7, 11) is 0. The molecule has 1 aliphatic rings. The lowest BCUT2D eigenvalue weighted by atomic mass is 10.0. The Bertz CT molecular complexity index is 723. The molecule has 19 heavy (non-hydrogen) atoms. The van der Waals surface area contributed by atoms with E-state index in [0.717, 1.165) is 18.4 Å². The average molecular weight is 261 g/mol. The average Bonchev–Trinajstić information content (AvgIpc) is 2.94. The summed E-state index contributed by atoms with van der Waals surface area (Å²) in [4.78, 5) is 22.2. The van der Waals surface area contributed by atoms with Gasteiger partial charge in [0, 0.05) is 11.6 Å². The highest BCUT2D eigenvalue weighted by Crippen LogP contribution is 2.54. The van der Waals surface area contributed by atoms with Crippen LogP contribution in [0.15, 0.2) is 16.7 Å². The van der Waals surface area contributed by atoms with Crippen LogP contribution in [0.4, 0.5) is 5.95 Å². The molecule has 3 rings (SSSR count). The zero-order valence-electron chi connectivity index (χ0n) is 10.6. The van der Waals surface area contributed by atoms with Crippen molar-refractivity contribution in [1.29, 1.82) is 0 Å². The maximum absolute atomic E-state index is 11.6. The third kappa shape index (κ3) is 1.74. The van der Waals surface area contributed by atoms with E-state index in [1.807, 2.05) is 13.1 Å². The van der Waals surface area contributed by atoms with Gasteiger partial charge in [0.2, 0.25) is 5.95 Å². The zero-order chi connectivity index (χ0) is 13.6. The molecule has 1 saturated carbocycles. The minimum absolute atomic E-state index is 0.0670. The number of H-pyrrole nitrogens is 1. The SMILES string of the molecule is CC[C@]1(CO)C/C1=C/n1cnc2c(=O)[nH]c(N)nc21. The number of nitrogen functional groups attached to an aromatic ring is 1. The smallest absolute Gasteiger partial charge is 0.280 e. The van der Waals surface area contributed by atoms with Crippen LogP contribution >= 0.6 is 0 Å². The topological polar surface area (TPSA) is 110 Å². The Labute approximate surface area is 108 Å². The van der Waals surface area contributed by atoms with E-state index < -0.39 is 0 Å². The quantitative estimate of drug-likeness (QED) is 0.737. The van der Waals surface area contributed by atoms with E-state index in [4.69, 9.17) is 5.73 Å². The van der Waals surface area contributed by atoms with Gasteiger partial charge in [0.1, 0.15) is 6.33 Å². The number of aromatic nitrogens is 4. The minimum atomic E-state index is -0.348. The van der Waals surface area contributed by atoms with E-state index in [2.05, 4.69) is 15.0 Å². The molecule has 7 nitrogen and oxygen atoms in total. The molecule has 100 valence electrons. The zero-order valence-corrected chi connectivity index (χ0v) is 10.6. The van der Waals surface area contributed by atoms with Crippen LogP contribution in [0.5, 0.6) is 0 Å². The summed E-state index contributed by atoms with van der Waals surface area (Å²) in [6.07, 6.45) is 5.16. The number of imidazole rings is 1. The highest BCUT2D eigenvalue weighted by Gasteiger charge is 2.46. The number of hydrogen-bond donors (Lipinski definition) is 3. The fourth-order valence-corrected chi connectivity index (χ4v) is 2.33. The number of fused-ring (bicyclic) bond motifs is 1. The van der Waals surface area contributed by atoms with Crippen molar-refractivity contribution in [2.24, 2.45) is 5.41 Å². The van der Waals surface area contributed by atoms with Crippen LogP contribution < -0.4 is 11.3 Å². The second-order valence-electron chi connectivity index (χ2n) is 4.90. The van der Waals surface area contributed by atoms with Gasteiger partial charge in [-0.05, 0) is 18.4 Å². The summed E-state index contributed by atoms with van der Waals surface area (Å²) >= 11 is 0. The lowest BCUT2D eigenvalue weighted by molar-refractivity contribution is 0.217. The van der Waals surface area contributed by atoms with Gasteiger partial charge < -0.3 is 10.8 Å². The number of aliphatic hydroxyl groups is 1. The Morgan fingerprint density at radius 3 is 3.11 bits per heavy atom. The number of aromatic amines is 1. The Hall–Kier alpha value is -2.15. The van der Waals surface area contributed by atoms with E-state index >= 15 is 0 Å². The van der Waals surface area contributed by atoms with Gasteiger partial charge in [-0.2, -0.15) is 4.98 Å². The Morgan fingerprint density at radius 1 is 1.68 bits per heavy atom. The molecule has 2 aromatic rings. The van der Waals surface area contributed by atoms with Gasteiger partial charge in [0.05, 0.1) is 6.61 Å². The minimum Gasteiger partial charge on any atom is -0.395 e. The van der Waals surface area contributed by atoms with Crippen molar-refractivity contribution in [3.63, 3.8) is 0 Å². The van der Waals surface area contributed by atoms with E-state index in [-0.39, 0.29) is 29.0 Å². The monoisotopic (exact) mass is 261 g/mol. The second kappa shape index (κ2) is 3.92. The van der Waals surface area contributed by atoms with Crippen LogP contribution in [0, 0.1) is 5.41 Å². The van der Waals surface area contributed by atoms with Crippen molar-refractivity contribution in [1.82, 2.24) is 19.5 Å². The van der Waals surface area contributed by atoms with E-state index in [1.54, 1.807) is 4.57 Å². The largest absolute Gasteiger partial charge is 0.395 e. The van der Waals surface area contributed by atoms with Crippen molar-refractivity contribution in [2.45, 2.75) is 19.8 Å². The Balaban J connectivity index is 2.09. The van der Waals surface area contributed by atoms with Gasteiger partial charge in [-0.25, -0.2) is 4.98 Å². The first-order chi connectivity index (χ1) is 9.09. The van der Waals surface area contributed by atoms with Gasteiger partial charge in [0.25, 0.3) is 5.56 Å². The summed E-state index contributed by atoms with van der Waals surface area (Å²) < 4.78 is 1.68. The van der Waals surface area contributed by atoms with E-state index in [0.29, 0.717) is 5.65 Å². The number of nitrogens with one attached hydrogen (secondary N) is 1. The number of nitrogens with zero attached hydrogens (tertiary/aromatic N) is 3. The molecule has 1 fully saturated rings. The summed E-state index contributed by atoms with van der Waals surface area (Å²) in [5.74, 6) is 0.0670. The van der Waals surface area contributed by atoms with Crippen LogP contribution in [0.2, 0.25) is 0 Å². The summed E-state index contributed by atoms with van der Waals surface area (Å²) in [6, 6.07) is 0. The lowest BCUT2D eigenvalue weighted by Gasteiger charge is -2.05. The first-order valence-electron chi connectivity index (χ1n) is 6.14. The molecule has 4 N–H and O–H groups in total. The third-order valence-corrected chi connectivity index (χ3v) is 3.81. The molecular formula is C12H15N5O2. The molecule has 0 aliphatic heterocycles. The van der Waals surface area contributed by atoms with Gasteiger partial charge in [0.15, 0.2) is 11.2 Å². The molecule has 2 aromatic heterocycles. The Morgan fingerprint density at radius 2 is 2.47 bits per heavy atom. The van der Waals surface area contributed by atoms with Crippen LogP contribution in [-0.4, -0.2) is 31.2 Å². The van der Waals surface area contributed by atoms with E-state index in [1.165, 1.54) is 6.33 Å². The molecule has 0 amide bonds. The molecule has 1 aliphatic carbocycles. The molecule has 0 unspecified atom stereocenters. The van der Waals surface area contributed by atoms with Gasteiger partial charge in [-0.1, -0.05) is 6.92 Å². The first-order valence-corrected chi connectivity index (χ1v) is 6.14. The highest BCUT2D eigenvalue weighted by molar-refractivity contribution is 5.73. The fraction of sp³-hybridized carbons (Fsp3) is 0.417. The van der Waals surface area contributed by atoms with Crippen LogP contribution in [0.1, 0.15) is 19.8 Å². The van der Waals surface area contributed by atoms with Gasteiger partial charge in [-0.3, -0.25) is 14.3 Å². The number of aliphatic hydroxyl groups excluding tert-OH is 1. The molecule has 2 heterocycles. The molecule has 0 aromatic carbocycles. The number of anilines is 1. The van der Waals surface area contributed by atoms with Crippen molar-refractivity contribution in [2.75, 3.05) is 12.3 Å². The molecule has 0 bridgehead atoms. The standard InChI is InChI=1S/C12H15N5O2/c1-2-12(5-18)3-7(12)4-17-6-14-8-9(17)15-11(13)16-10(8)19/h4,6,18H,2-3,5H2,1H3,(H3,13,15,16,19)/b7-4-/t12-/m1/s1. The number of rotatable bonds is 3. The van der Waals surface area contributed by atoms with Gasteiger partial charge >= 0.3 is 0 Å². The number of hydrogen-bond acceptors (Lipinski definition) is 5. The van der Waals surface area contributed by atoms with Crippen molar-refractivity contribution < 1.29 is 5.11 Å². The maximum Gasteiger partial charge on any atom is 0.280 e. The number of nitrogens with two attached hydrogens (primary N) is 1. The molecule has 1 atom stereocenters.